The summed E-state index contributed by atoms with van der Waals surface area (Å²) < 4.78 is 17.2. The first-order valence-electron chi connectivity index (χ1n) is 16.6. The Balaban J connectivity index is 1.29. The SMILES string of the molecule is CC(C)(C)OC(=O)N1CCN(C(=O)OC(C)(C)C)C(C(=O)O[C@H]2CC[C@@]3(C)C(C2)C(=O)C[C@@H]2[C@@H]3CC[C@]3(C)C(=O)CC[C@@H]23)C1. The van der Waals surface area contributed by atoms with Crippen LogP contribution in [0.1, 0.15) is 107 Å². The Labute approximate surface area is 261 Å². The summed E-state index contributed by atoms with van der Waals surface area (Å²) in [5, 5.41) is 0. The lowest BCUT2D eigenvalue weighted by atomic mass is 9.45. The number of hydrogen-bond donors (Lipinski definition) is 0. The molecule has 5 fully saturated rings. The van der Waals surface area contributed by atoms with Gasteiger partial charge in [0.05, 0.1) is 6.54 Å². The first-order chi connectivity index (χ1) is 20.3. The fraction of sp³-hybridized carbons (Fsp3) is 0.853. The van der Waals surface area contributed by atoms with E-state index in [1.54, 1.807) is 41.5 Å². The van der Waals surface area contributed by atoms with Gasteiger partial charge in [-0.05, 0) is 103 Å². The van der Waals surface area contributed by atoms with Gasteiger partial charge in [-0.15, -0.1) is 0 Å². The molecule has 8 atom stereocenters. The van der Waals surface area contributed by atoms with Crippen molar-refractivity contribution in [1.29, 1.82) is 0 Å². The Morgan fingerprint density at radius 2 is 1.50 bits per heavy atom. The van der Waals surface area contributed by atoms with Crippen molar-refractivity contribution >= 4 is 29.7 Å². The van der Waals surface area contributed by atoms with Crippen molar-refractivity contribution in [3.8, 4) is 0 Å². The molecule has 1 heterocycles. The second-order valence-corrected chi connectivity index (χ2v) is 16.5. The molecule has 0 aromatic rings. The minimum absolute atomic E-state index is 0.0670. The molecule has 0 radical (unpaired) electrons. The van der Waals surface area contributed by atoms with Crippen molar-refractivity contribution < 1.29 is 38.2 Å². The van der Waals surface area contributed by atoms with E-state index in [9.17, 15) is 24.0 Å². The summed E-state index contributed by atoms with van der Waals surface area (Å²) in [7, 11) is 0. The molecule has 1 aliphatic heterocycles. The van der Waals surface area contributed by atoms with Crippen molar-refractivity contribution in [3.05, 3.63) is 0 Å². The van der Waals surface area contributed by atoms with Crippen LogP contribution in [0.25, 0.3) is 0 Å². The Morgan fingerprint density at radius 1 is 0.841 bits per heavy atom. The summed E-state index contributed by atoms with van der Waals surface area (Å²) in [6.07, 6.45) is 4.08. The number of fused-ring (bicyclic) bond motifs is 5. The Kier molecular flexibility index (Phi) is 8.41. The van der Waals surface area contributed by atoms with Gasteiger partial charge in [-0.25, -0.2) is 14.4 Å². The monoisotopic (exact) mass is 616 g/mol. The van der Waals surface area contributed by atoms with Crippen molar-refractivity contribution in [2.45, 2.75) is 130 Å². The second kappa shape index (κ2) is 11.3. The molecule has 0 N–H and O–H groups in total. The maximum Gasteiger partial charge on any atom is 0.411 e. The normalized spacial score (nSPS) is 37.5. The number of ether oxygens (including phenoxy) is 3. The standard InChI is InChI=1S/C34H52N2O8/c1-31(2,3)43-29(40)35-15-16-36(30(41)44-32(4,5)6)25(19-35)28(39)42-20-11-13-33(7)23-12-14-34(8)22(9-10-27(34)38)21(23)18-26(37)24(33)17-20/h20-25H,9-19H2,1-8H3/t20-,21-,22-,23-,24?,25?,33+,34-/m0/s1. The number of piperazine rings is 1. The van der Waals surface area contributed by atoms with Gasteiger partial charge < -0.3 is 19.1 Å². The highest BCUT2D eigenvalue weighted by Crippen LogP contribution is 2.64. The lowest BCUT2D eigenvalue weighted by Crippen LogP contribution is -2.61. The van der Waals surface area contributed by atoms with Gasteiger partial charge in [-0.2, -0.15) is 0 Å². The van der Waals surface area contributed by atoms with Gasteiger partial charge in [0.15, 0.2) is 6.04 Å². The van der Waals surface area contributed by atoms with Gasteiger partial charge in [0, 0.05) is 37.3 Å². The first-order valence-corrected chi connectivity index (χ1v) is 16.6. The number of esters is 1. The van der Waals surface area contributed by atoms with Crippen LogP contribution in [0.5, 0.6) is 0 Å². The lowest BCUT2D eigenvalue weighted by molar-refractivity contribution is -0.173. The highest BCUT2D eigenvalue weighted by Gasteiger charge is 2.62. The van der Waals surface area contributed by atoms with E-state index in [4.69, 9.17) is 14.2 Å². The minimum atomic E-state index is -1.05. The van der Waals surface area contributed by atoms with Crippen molar-refractivity contribution in [3.63, 3.8) is 0 Å². The Hall–Kier alpha value is -2.65. The second-order valence-electron chi connectivity index (χ2n) is 16.5. The predicted molar refractivity (Wildman–Crippen MR) is 162 cm³/mol. The van der Waals surface area contributed by atoms with Gasteiger partial charge in [0.25, 0.3) is 0 Å². The third kappa shape index (κ3) is 6.11. The molecule has 44 heavy (non-hydrogen) atoms. The zero-order valence-corrected chi connectivity index (χ0v) is 27.9. The van der Waals surface area contributed by atoms with Gasteiger partial charge >= 0.3 is 18.2 Å². The van der Waals surface area contributed by atoms with Crippen LogP contribution in [0.2, 0.25) is 0 Å². The van der Waals surface area contributed by atoms with E-state index in [1.165, 1.54) is 9.80 Å². The summed E-state index contributed by atoms with van der Waals surface area (Å²) >= 11 is 0. The van der Waals surface area contributed by atoms with Crippen molar-refractivity contribution in [1.82, 2.24) is 9.80 Å². The average molecular weight is 617 g/mol. The van der Waals surface area contributed by atoms with E-state index >= 15 is 0 Å². The molecule has 2 unspecified atom stereocenters. The molecule has 0 bridgehead atoms. The highest BCUT2D eigenvalue weighted by atomic mass is 16.6. The molecule has 10 heteroatoms. The zero-order valence-electron chi connectivity index (χ0n) is 27.9. The summed E-state index contributed by atoms with van der Waals surface area (Å²) in [4.78, 5) is 69.1. The third-order valence-corrected chi connectivity index (χ3v) is 11.3. The van der Waals surface area contributed by atoms with E-state index in [0.717, 1.165) is 25.7 Å². The molecule has 2 amide bonds. The smallest absolute Gasteiger partial charge is 0.411 e. The summed E-state index contributed by atoms with van der Waals surface area (Å²) in [5.74, 6) is 0.696. The van der Waals surface area contributed by atoms with Gasteiger partial charge in [0.1, 0.15) is 28.9 Å². The number of amides is 2. The number of nitrogens with zero attached hydrogens (tertiary/aromatic N) is 2. The van der Waals surface area contributed by atoms with E-state index < -0.39 is 41.5 Å². The molecule has 5 aliphatic rings. The number of carbonyl (C=O) groups excluding carboxylic acids is 5. The van der Waals surface area contributed by atoms with Crippen LogP contribution in [-0.2, 0) is 28.6 Å². The maximum atomic E-state index is 13.8. The van der Waals surface area contributed by atoms with Crippen LogP contribution in [0.4, 0.5) is 9.59 Å². The van der Waals surface area contributed by atoms with E-state index in [1.807, 2.05) is 0 Å². The average Bonchev–Trinajstić information content (AvgIpc) is 3.21. The van der Waals surface area contributed by atoms with Crippen molar-refractivity contribution in [2.24, 2.45) is 34.5 Å². The molecule has 10 nitrogen and oxygen atoms in total. The molecule has 5 rings (SSSR count). The Bertz CT molecular complexity index is 1200. The van der Waals surface area contributed by atoms with Gasteiger partial charge in [-0.1, -0.05) is 13.8 Å². The fourth-order valence-corrected chi connectivity index (χ4v) is 9.14. The number of Topliss-reactive ketones (excluding diaryl/α,β-unsaturated/α-hetero) is 2. The van der Waals surface area contributed by atoms with Gasteiger partial charge in [-0.3, -0.25) is 14.5 Å². The van der Waals surface area contributed by atoms with Crippen LogP contribution in [0, 0.1) is 34.5 Å². The summed E-state index contributed by atoms with van der Waals surface area (Å²) in [5.41, 5.74) is -1.94. The van der Waals surface area contributed by atoms with Crippen LogP contribution < -0.4 is 0 Å². The molecule has 0 aromatic carbocycles. The number of carbonyl (C=O) groups is 5. The quantitative estimate of drug-likeness (QED) is 0.293. The summed E-state index contributed by atoms with van der Waals surface area (Å²) in [6.45, 7) is 15.2. The maximum absolute atomic E-state index is 13.8. The molecule has 0 spiro atoms. The molecule has 1 saturated heterocycles. The topological polar surface area (TPSA) is 120 Å². The molecule has 4 aliphatic carbocycles. The third-order valence-electron chi connectivity index (χ3n) is 11.3. The van der Waals surface area contributed by atoms with E-state index in [2.05, 4.69) is 13.8 Å². The lowest BCUT2D eigenvalue weighted by Gasteiger charge is -2.59. The van der Waals surface area contributed by atoms with E-state index in [-0.39, 0.29) is 54.0 Å². The fourth-order valence-electron chi connectivity index (χ4n) is 9.14. The number of hydrogen-bond acceptors (Lipinski definition) is 8. The van der Waals surface area contributed by atoms with Crippen molar-refractivity contribution in [2.75, 3.05) is 19.6 Å². The van der Waals surface area contributed by atoms with Crippen LogP contribution in [0.15, 0.2) is 0 Å². The highest BCUT2D eigenvalue weighted by molar-refractivity contribution is 5.88. The number of rotatable bonds is 2. The summed E-state index contributed by atoms with van der Waals surface area (Å²) in [6, 6.07) is -1.05. The van der Waals surface area contributed by atoms with Gasteiger partial charge in [0.2, 0.25) is 0 Å². The van der Waals surface area contributed by atoms with E-state index in [0.29, 0.717) is 37.4 Å². The molecule has 0 aromatic heterocycles. The molecular formula is C34H52N2O8. The predicted octanol–water partition coefficient (Wildman–Crippen LogP) is 5.55. The largest absolute Gasteiger partial charge is 0.461 e. The first kappa shape index (κ1) is 32.7. The Morgan fingerprint density at radius 3 is 2.16 bits per heavy atom. The number of ketones is 2. The molecule has 4 saturated carbocycles. The van der Waals surface area contributed by atoms with Crippen LogP contribution in [0.3, 0.4) is 0 Å². The minimum Gasteiger partial charge on any atom is -0.461 e. The zero-order chi connectivity index (χ0) is 32.4. The van der Waals surface area contributed by atoms with Crippen LogP contribution in [-0.4, -0.2) is 82.5 Å². The molecule has 246 valence electrons. The molecular weight excluding hydrogens is 564 g/mol. The van der Waals surface area contributed by atoms with Crippen LogP contribution >= 0.6 is 0 Å².